The Kier molecular flexibility index (Phi) is 8.79. The van der Waals surface area contributed by atoms with Gasteiger partial charge < -0.3 is 14.6 Å². The van der Waals surface area contributed by atoms with Crippen molar-refractivity contribution in [3.8, 4) is 5.75 Å². The minimum atomic E-state index is 0.00361. The Bertz CT molecular complexity index is 1270. The lowest BCUT2D eigenvalue weighted by atomic mass is 10.1. The van der Waals surface area contributed by atoms with Gasteiger partial charge in [0.15, 0.2) is 0 Å². The first-order valence-corrected chi connectivity index (χ1v) is 12.7. The summed E-state index contributed by atoms with van der Waals surface area (Å²) in [7, 11) is 0. The molecule has 0 spiro atoms. The average molecular weight is 490 g/mol. The molecule has 0 fully saturated rings. The van der Waals surface area contributed by atoms with Crippen molar-refractivity contribution in [2.24, 2.45) is 0 Å². The number of para-hydroxylation sites is 3. The maximum Gasteiger partial charge on any atom is 0.251 e. The van der Waals surface area contributed by atoms with Gasteiger partial charge in [-0.3, -0.25) is 4.79 Å². The molecule has 3 aromatic carbocycles. The van der Waals surface area contributed by atoms with Gasteiger partial charge in [-0.15, -0.1) is 0 Å². The summed E-state index contributed by atoms with van der Waals surface area (Å²) >= 11 is 6.19. The number of nitrogens with one attached hydrogen (secondary N) is 1. The quantitative estimate of drug-likeness (QED) is 0.228. The third-order valence-electron chi connectivity index (χ3n) is 6.11. The number of benzene rings is 3. The zero-order valence-corrected chi connectivity index (χ0v) is 20.9. The molecule has 0 saturated heterocycles. The number of hydrogen-bond acceptors (Lipinski definition) is 3. The van der Waals surface area contributed by atoms with E-state index in [1.54, 1.807) is 0 Å². The fraction of sp³-hybridized carbons (Fsp3) is 0.310. The van der Waals surface area contributed by atoms with E-state index in [0.29, 0.717) is 18.2 Å². The molecule has 1 aromatic heterocycles. The lowest BCUT2D eigenvalue weighted by Crippen LogP contribution is -2.25. The molecule has 1 amide bonds. The van der Waals surface area contributed by atoms with E-state index >= 15 is 0 Å². The van der Waals surface area contributed by atoms with Crippen LogP contribution >= 0.6 is 11.6 Å². The Hall–Kier alpha value is -3.31. The SMILES string of the molecule is Cc1ccccc1C(=O)NCCCCCc1nc2ccccc2n1CCCOc1ccccc1Cl. The Morgan fingerprint density at radius 3 is 2.57 bits per heavy atom. The predicted molar refractivity (Wildman–Crippen MR) is 142 cm³/mol. The van der Waals surface area contributed by atoms with Crippen molar-refractivity contribution in [3.63, 3.8) is 0 Å². The Morgan fingerprint density at radius 2 is 1.71 bits per heavy atom. The average Bonchev–Trinajstić information content (AvgIpc) is 3.22. The Balaban J connectivity index is 1.25. The standard InChI is InChI=1S/C29H32ClN3O2/c1-22-12-4-5-13-23(22)29(34)31-19-10-2-3-18-28-32-25-15-7-8-16-26(25)33(28)20-11-21-35-27-17-9-6-14-24(27)30/h4-9,12-17H,2-3,10-11,18-21H2,1H3,(H,31,34). The van der Waals surface area contributed by atoms with Gasteiger partial charge in [-0.05, 0) is 62.1 Å². The third kappa shape index (κ3) is 6.64. The van der Waals surface area contributed by atoms with E-state index in [9.17, 15) is 4.79 Å². The second-order valence-electron chi connectivity index (χ2n) is 8.68. The van der Waals surface area contributed by atoms with E-state index in [4.69, 9.17) is 21.3 Å². The number of carbonyl (C=O) groups excluding carboxylic acids is 1. The van der Waals surface area contributed by atoms with Crippen molar-refractivity contribution < 1.29 is 9.53 Å². The maximum atomic E-state index is 12.4. The maximum absolute atomic E-state index is 12.4. The van der Waals surface area contributed by atoms with Crippen LogP contribution in [0.3, 0.4) is 0 Å². The van der Waals surface area contributed by atoms with Crippen molar-refractivity contribution in [1.82, 2.24) is 14.9 Å². The largest absolute Gasteiger partial charge is 0.492 e. The van der Waals surface area contributed by atoms with Gasteiger partial charge in [0, 0.05) is 25.1 Å². The van der Waals surface area contributed by atoms with Crippen LogP contribution in [-0.2, 0) is 13.0 Å². The highest BCUT2D eigenvalue weighted by atomic mass is 35.5. The third-order valence-corrected chi connectivity index (χ3v) is 6.42. The van der Waals surface area contributed by atoms with Crippen LogP contribution < -0.4 is 10.1 Å². The topological polar surface area (TPSA) is 56.2 Å². The fourth-order valence-electron chi connectivity index (χ4n) is 4.24. The summed E-state index contributed by atoms with van der Waals surface area (Å²) in [6.45, 7) is 4.08. The summed E-state index contributed by atoms with van der Waals surface area (Å²) < 4.78 is 8.18. The van der Waals surface area contributed by atoms with Crippen LogP contribution in [0.15, 0.2) is 72.8 Å². The number of amides is 1. The minimum absolute atomic E-state index is 0.00361. The second-order valence-corrected chi connectivity index (χ2v) is 9.09. The molecule has 182 valence electrons. The van der Waals surface area contributed by atoms with E-state index < -0.39 is 0 Å². The first kappa shape index (κ1) is 24.8. The van der Waals surface area contributed by atoms with Crippen LogP contribution in [0.1, 0.15) is 47.4 Å². The molecule has 0 aliphatic rings. The van der Waals surface area contributed by atoms with Crippen molar-refractivity contribution in [3.05, 3.63) is 94.8 Å². The summed E-state index contributed by atoms with van der Waals surface area (Å²) in [5, 5.41) is 3.68. The summed E-state index contributed by atoms with van der Waals surface area (Å²) in [5.41, 5.74) is 3.94. The van der Waals surface area contributed by atoms with Crippen LogP contribution in [0.5, 0.6) is 5.75 Å². The summed E-state index contributed by atoms with van der Waals surface area (Å²) in [6.07, 6.45) is 4.78. The van der Waals surface area contributed by atoms with Gasteiger partial charge in [-0.2, -0.15) is 0 Å². The van der Waals surface area contributed by atoms with E-state index in [1.807, 2.05) is 61.5 Å². The van der Waals surface area contributed by atoms with E-state index in [1.165, 1.54) is 0 Å². The minimum Gasteiger partial charge on any atom is -0.492 e. The molecule has 0 unspecified atom stereocenters. The summed E-state index contributed by atoms with van der Waals surface area (Å²) in [6, 6.07) is 23.5. The number of aryl methyl sites for hydroxylation is 3. The molecule has 0 bridgehead atoms. The molecule has 0 aliphatic carbocycles. The van der Waals surface area contributed by atoms with E-state index in [0.717, 1.165) is 72.4 Å². The zero-order chi connectivity index (χ0) is 24.5. The molecule has 1 heterocycles. The fourth-order valence-corrected chi connectivity index (χ4v) is 4.43. The first-order chi connectivity index (χ1) is 17.1. The van der Waals surface area contributed by atoms with Crippen molar-refractivity contribution >= 4 is 28.5 Å². The molecule has 0 aliphatic heterocycles. The number of carbonyl (C=O) groups is 1. The lowest BCUT2D eigenvalue weighted by molar-refractivity contribution is 0.0952. The number of unbranched alkanes of at least 4 members (excludes halogenated alkanes) is 2. The molecule has 5 nitrogen and oxygen atoms in total. The first-order valence-electron chi connectivity index (χ1n) is 12.3. The predicted octanol–water partition coefficient (Wildman–Crippen LogP) is 6.61. The highest BCUT2D eigenvalue weighted by Crippen LogP contribution is 2.23. The van der Waals surface area contributed by atoms with Crippen molar-refractivity contribution in [2.45, 2.75) is 45.6 Å². The second kappa shape index (κ2) is 12.4. The molecule has 35 heavy (non-hydrogen) atoms. The van der Waals surface area contributed by atoms with Crippen molar-refractivity contribution in [1.29, 1.82) is 0 Å². The van der Waals surface area contributed by atoms with Crippen molar-refractivity contribution in [2.75, 3.05) is 13.2 Å². The van der Waals surface area contributed by atoms with Gasteiger partial charge in [0.2, 0.25) is 0 Å². The van der Waals surface area contributed by atoms with Gasteiger partial charge in [0.1, 0.15) is 11.6 Å². The van der Waals surface area contributed by atoms with Crippen LogP contribution in [0, 0.1) is 6.92 Å². The van der Waals surface area contributed by atoms with Gasteiger partial charge in [-0.25, -0.2) is 4.98 Å². The summed E-state index contributed by atoms with van der Waals surface area (Å²) in [5.74, 6) is 1.83. The van der Waals surface area contributed by atoms with E-state index in [-0.39, 0.29) is 5.91 Å². The van der Waals surface area contributed by atoms with Gasteiger partial charge in [-0.1, -0.05) is 60.5 Å². The molecular formula is C29H32ClN3O2. The van der Waals surface area contributed by atoms with Crippen LogP contribution in [0.25, 0.3) is 11.0 Å². The lowest BCUT2D eigenvalue weighted by Gasteiger charge is -2.11. The Morgan fingerprint density at radius 1 is 0.943 bits per heavy atom. The molecule has 4 rings (SSSR count). The molecular weight excluding hydrogens is 458 g/mol. The number of imidazole rings is 1. The highest BCUT2D eigenvalue weighted by Gasteiger charge is 2.11. The van der Waals surface area contributed by atoms with Crippen LogP contribution in [-0.4, -0.2) is 28.6 Å². The number of ether oxygens (including phenoxy) is 1. The van der Waals surface area contributed by atoms with Gasteiger partial charge >= 0.3 is 0 Å². The monoisotopic (exact) mass is 489 g/mol. The number of hydrogen-bond donors (Lipinski definition) is 1. The van der Waals surface area contributed by atoms with Gasteiger partial charge in [0.05, 0.1) is 22.7 Å². The molecule has 0 atom stereocenters. The molecule has 0 radical (unpaired) electrons. The zero-order valence-electron chi connectivity index (χ0n) is 20.2. The number of halogens is 1. The number of aromatic nitrogens is 2. The number of nitrogens with zero attached hydrogens (tertiary/aromatic N) is 2. The molecule has 0 saturated carbocycles. The van der Waals surface area contributed by atoms with Crippen LogP contribution in [0.2, 0.25) is 5.02 Å². The van der Waals surface area contributed by atoms with Crippen LogP contribution in [0.4, 0.5) is 0 Å². The highest BCUT2D eigenvalue weighted by molar-refractivity contribution is 6.32. The normalized spacial score (nSPS) is 11.0. The smallest absolute Gasteiger partial charge is 0.251 e. The Labute approximate surface area is 212 Å². The summed E-state index contributed by atoms with van der Waals surface area (Å²) in [4.78, 5) is 17.2. The number of rotatable bonds is 12. The molecule has 1 N–H and O–H groups in total. The molecule has 6 heteroatoms. The number of fused-ring (bicyclic) bond motifs is 1. The molecule has 4 aromatic rings. The van der Waals surface area contributed by atoms with E-state index in [2.05, 4.69) is 28.1 Å². The van der Waals surface area contributed by atoms with Gasteiger partial charge in [0.25, 0.3) is 5.91 Å².